The van der Waals surface area contributed by atoms with E-state index in [0.29, 0.717) is 18.1 Å². The minimum Gasteiger partial charge on any atom is -0.381 e. The fourth-order valence-electron chi connectivity index (χ4n) is 1.90. The smallest absolute Gasteiger partial charge is 0.158 e. The van der Waals surface area contributed by atoms with Crippen LogP contribution in [0.15, 0.2) is 61.1 Å². The van der Waals surface area contributed by atoms with Crippen LogP contribution in [0, 0.1) is 0 Å². The van der Waals surface area contributed by atoms with Crippen molar-refractivity contribution in [2.75, 3.05) is 11.9 Å². The molecule has 0 spiro atoms. The van der Waals surface area contributed by atoms with Gasteiger partial charge in [-0.2, -0.15) is 0 Å². The molecule has 5 nitrogen and oxygen atoms in total. The molecule has 2 heterocycles. The van der Waals surface area contributed by atoms with Gasteiger partial charge in [-0.3, -0.25) is 9.98 Å². The van der Waals surface area contributed by atoms with Crippen molar-refractivity contribution in [2.45, 2.75) is 6.54 Å². The van der Waals surface area contributed by atoms with Crippen molar-refractivity contribution in [2.24, 2.45) is 4.99 Å². The van der Waals surface area contributed by atoms with Gasteiger partial charge in [0.05, 0.1) is 0 Å². The molecule has 0 saturated carbocycles. The Morgan fingerprint density at radius 3 is 2.91 bits per heavy atom. The first kappa shape index (κ1) is 15.4. The lowest BCUT2D eigenvalue weighted by Gasteiger charge is -2.16. The van der Waals surface area contributed by atoms with Crippen molar-refractivity contribution in [3.63, 3.8) is 0 Å². The summed E-state index contributed by atoms with van der Waals surface area (Å²) in [6.45, 7) is 12.0. The van der Waals surface area contributed by atoms with E-state index in [1.807, 2.05) is 31.4 Å². The third-order valence-corrected chi connectivity index (χ3v) is 3.20. The van der Waals surface area contributed by atoms with Crippen LogP contribution in [0.2, 0.25) is 0 Å². The molecule has 0 radical (unpaired) electrons. The lowest BCUT2D eigenvalue weighted by atomic mass is 10.2. The Morgan fingerprint density at radius 2 is 2.27 bits per heavy atom. The van der Waals surface area contributed by atoms with Gasteiger partial charge in [-0.1, -0.05) is 19.2 Å². The molecule has 1 N–H and O–H groups in total. The molecule has 2 rings (SSSR count). The quantitative estimate of drug-likeness (QED) is 0.797. The zero-order valence-electron chi connectivity index (χ0n) is 12.7. The van der Waals surface area contributed by atoms with E-state index in [1.54, 1.807) is 23.5 Å². The largest absolute Gasteiger partial charge is 0.381 e. The van der Waals surface area contributed by atoms with Crippen LogP contribution >= 0.6 is 0 Å². The Balaban J connectivity index is 2.13. The molecule has 0 bridgehead atoms. The van der Waals surface area contributed by atoms with Crippen molar-refractivity contribution in [3.05, 3.63) is 67.3 Å². The van der Waals surface area contributed by atoms with Gasteiger partial charge in [-0.15, -0.1) is 0 Å². The Hall–Kier alpha value is -2.95. The highest BCUT2D eigenvalue weighted by molar-refractivity contribution is 5.72. The Kier molecular flexibility index (Phi) is 5.03. The molecule has 0 aliphatic carbocycles. The van der Waals surface area contributed by atoms with Crippen LogP contribution in [0.25, 0.3) is 5.70 Å². The monoisotopic (exact) mass is 293 g/mol. The molecule has 0 amide bonds. The molecular formula is C17H19N5. The van der Waals surface area contributed by atoms with Crippen molar-refractivity contribution in [1.82, 2.24) is 15.3 Å². The molecule has 0 fully saturated rings. The molecule has 2 aromatic rings. The minimum atomic E-state index is 0.651. The SMILES string of the molecule is C=CN(C)c1ncc(C(=C)NCc2cccnc2)cc1N=C. The molecule has 22 heavy (non-hydrogen) atoms. The highest BCUT2D eigenvalue weighted by Crippen LogP contribution is 2.27. The van der Waals surface area contributed by atoms with Gasteiger partial charge in [-0.05, 0) is 30.6 Å². The average Bonchev–Trinajstić information content (AvgIpc) is 2.59. The molecule has 0 saturated heterocycles. The van der Waals surface area contributed by atoms with Gasteiger partial charge in [-0.25, -0.2) is 4.98 Å². The van der Waals surface area contributed by atoms with E-state index in [-0.39, 0.29) is 0 Å². The maximum absolute atomic E-state index is 4.40. The number of nitrogens with zero attached hydrogens (tertiary/aromatic N) is 4. The summed E-state index contributed by atoms with van der Waals surface area (Å²) in [5.74, 6) is 0.703. The summed E-state index contributed by atoms with van der Waals surface area (Å²) in [6, 6.07) is 5.80. The van der Waals surface area contributed by atoms with Crippen molar-refractivity contribution >= 4 is 23.9 Å². The van der Waals surface area contributed by atoms with Crippen molar-refractivity contribution in [1.29, 1.82) is 0 Å². The van der Waals surface area contributed by atoms with Crippen LogP contribution in [0.3, 0.4) is 0 Å². The summed E-state index contributed by atoms with van der Waals surface area (Å²) in [6.07, 6.45) is 6.99. The highest BCUT2D eigenvalue weighted by atomic mass is 15.2. The van der Waals surface area contributed by atoms with Gasteiger partial charge >= 0.3 is 0 Å². The van der Waals surface area contributed by atoms with E-state index in [9.17, 15) is 0 Å². The predicted octanol–water partition coefficient (Wildman–Crippen LogP) is 3.15. The minimum absolute atomic E-state index is 0.651. The first-order valence-corrected chi connectivity index (χ1v) is 6.80. The van der Waals surface area contributed by atoms with Crippen LogP contribution in [0.1, 0.15) is 11.1 Å². The van der Waals surface area contributed by atoms with E-state index in [0.717, 1.165) is 16.8 Å². The zero-order chi connectivity index (χ0) is 15.9. The summed E-state index contributed by atoms with van der Waals surface area (Å²) in [5.41, 5.74) is 3.41. The summed E-state index contributed by atoms with van der Waals surface area (Å²) in [5, 5.41) is 3.26. The standard InChI is InChI=1S/C17H19N5/c1-5-22(4)17-16(18-3)9-15(12-21-17)13(2)20-11-14-7-6-8-19-10-14/h5-10,12,20H,1-3,11H2,4H3. The van der Waals surface area contributed by atoms with Crippen LogP contribution in [-0.2, 0) is 6.54 Å². The highest BCUT2D eigenvalue weighted by Gasteiger charge is 2.09. The van der Waals surface area contributed by atoms with E-state index in [1.165, 1.54) is 0 Å². The Morgan fingerprint density at radius 1 is 1.45 bits per heavy atom. The molecule has 112 valence electrons. The van der Waals surface area contributed by atoms with E-state index in [4.69, 9.17) is 0 Å². The number of aliphatic imine (C=N–C) groups is 1. The third-order valence-electron chi connectivity index (χ3n) is 3.20. The number of rotatable bonds is 7. The molecule has 5 heteroatoms. The summed E-state index contributed by atoms with van der Waals surface area (Å²) in [4.78, 5) is 14.3. The molecule has 0 aliphatic rings. The van der Waals surface area contributed by atoms with Crippen LogP contribution < -0.4 is 10.2 Å². The van der Waals surface area contributed by atoms with Crippen molar-refractivity contribution < 1.29 is 0 Å². The van der Waals surface area contributed by atoms with Gasteiger partial charge in [0.15, 0.2) is 5.82 Å². The molecule has 0 atom stereocenters. The third kappa shape index (κ3) is 3.58. The summed E-state index contributed by atoms with van der Waals surface area (Å²) >= 11 is 0. The lowest BCUT2D eigenvalue weighted by molar-refractivity contribution is 0.883. The van der Waals surface area contributed by atoms with Gasteiger partial charge in [0.2, 0.25) is 0 Å². The fraction of sp³-hybridized carbons (Fsp3) is 0.118. The number of hydrogen-bond acceptors (Lipinski definition) is 5. The zero-order valence-corrected chi connectivity index (χ0v) is 12.7. The van der Waals surface area contributed by atoms with Crippen LogP contribution in [0.5, 0.6) is 0 Å². The normalized spacial score (nSPS) is 9.86. The molecule has 0 unspecified atom stereocenters. The maximum atomic E-state index is 4.40. The second-order valence-corrected chi connectivity index (χ2v) is 4.71. The maximum Gasteiger partial charge on any atom is 0.158 e. The van der Waals surface area contributed by atoms with E-state index in [2.05, 4.69) is 40.2 Å². The van der Waals surface area contributed by atoms with Crippen molar-refractivity contribution in [3.8, 4) is 0 Å². The number of hydrogen-bond donors (Lipinski definition) is 1. The molecular weight excluding hydrogens is 274 g/mol. The Labute approximate surface area is 130 Å². The Bertz CT molecular complexity index is 679. The first-order valence-electron chi connectivity index (χ1n) is 6.80. The van der Waals surface area contributed by atoms with E-state index < -0.39 is 0 Å². The van der Waals surface area contributed by atoms with Gasteiger partial charge in [0.25, 0.3) is 0 Å². The molecule has 2 aromatic heterocycles. The summed E-state index contributed by atoms with van der Waals surface area (Å²) < 4.78 is 0. The predicted molar refractivity (Wildman–Crippen MR) is 92.2 cm³/mol. The second kappa shape index (κ2) is 7.17. The topological polar surface area (TPSA) is 53.4 Å². The van der Waals surface area contributed by atoms with Gasteiger partial charge in [0.1, 0.15) is 5.69 Å². The first-order chi connectivity index (χ1) is 10.7. The number of pyridine rings is 2. The number of anilines is 1. The second-order valence-electron chi connectivity index (χ2n) is 4.71. The molecule has 0 aromatic carbocycles. The summed E-state index contributed by atoms with van der Waals surface area (Å²) in [7, 11) is 1.86. The number of aromatic nitrogens is 2. The van der Waals surface area contributed by atoms with Gasteiger partial charge < -0.3 is 10.2 Å². The van der Waals surface area contributed by atoms with Gasteiger partial charge in [0, 0.05) is 43.4 Å². The average molecular weight is 293 g/mol. The van der Waals surface area contributed by atoms with Crippen LogP contribution in [-0.4, -0.2) is 23.7 Å². The number of nitrogens with one attached hydrogen (secondary N) is 1. The van der Waals surface area contributed by atoms with Crippen LogP contribution in [0.4, 0.5) is 11.5 Å². The molecule has 0 aliphatic heterocycles. The van der Waals surface area contributed by atoms with E-state index >= 15 is 0 Å². The lowest BCUT2D eigenvalue weighted by Crippen LogP contribution is -2.13. The fourth-order valence-corrected chi connectivity index (χ4v) is 1.90.